The zero-order valence-corrected chi connectivity index (χ0v) is 39.3. The molecular weight excluding hydrogens is 733 g/mol. The molecule has 0 amide bonds. The highest BCUT2D eigenvalue weighted by Gasteiger charge is 2.19. The highest BCUT2D eigenvalue weighted by molar-refractivity contribution is 5.71. The molecule has 0 aromatic carbocycles. The number of carbonyl (C=O) groups is 3. The third kappa shape index (κ3) is 46.5. The predicted molar refractivity (Wildman–Crippen MR) is 252 cm³/mol. The molecule has 0 aliphatic heterocycles. The van der Waals surface area contributed by atoms with Crippen LogP contribution in [0.5, 0.6) is 0 Å². The van der Waals surface area contributed by atoms with E-state index in [0.717, 1.165) is 70.6 Å². The molecule has 0 rings (SSSR count). The van der Waals surface area contributed by atoms with Crippen molar-refractivity contribution in [3.8, 4) is 0 Å². The fraction of sp³-hybridized carbons (Fsp3) is 0.830. The molecule has 6 heteroatoms. The topological polar surface area (TPSA) is 78.9 Å². The maximum absolute atomic E-state index is 12.7. The number of esters is 3. The van der Waals surface area contributed by atoms with Gasteiger partial charge in [-0.3, -0.25) is 14.4 Å². The average molecular weight is 829 g/mol. The van der Waals surface area contributed by atoms with Crippen LogP contribution in [-0.4, -0.2) is 37.2 Å². The Balaban J connectivity index is 4.21. The van der Waals surface area contributed by atoms with Crippen molar-refractivity contribution in [2.24, 2.45) is 0 Å². The number of allylic oxidation sites excluding steroid dienone is 6. The molecule has 0 aliphatic rings. The second-order valence-corrected chi connectivity index (χ2v) is 17.1. The van der Waals surface area contributed by atoms with Crippen molar-refractivity contribution in [2.45, 2.75) is 271 Å². The van der Waals surface area contributed by atoms with Gasteiger partial charge < -0.3 is 14.2 Å². The lowest BCUT2D eigenvalue weighted by molar-refractivity contribution is -0.167. The lowest BCUT2D eigenvalue weighted by Gasteiger charge is -2.18. The van der Waals surface area contributed by atoms with E-state index < -0.39 is 6.10 Å². The molecule has 0 spiro atoms. The highest BCUT2D eigenvalue weighted by atomic mass is 16.6. The van der Waals surface area contributed by atoms with Crippen LogP contribution >= 0.6 is 0 Å². The van der Waals surface area contributed by atoms with E-state index >= 15 is 0 Å². The van der Waals surface area contributed by atoms with E-state index in [2.05, 4.69) is 57.2 Å². The number of carbonyl (C=O) groups excluding carboxylic acids is 3. The van der Waals surface area contributed by atoms with Crippen LogP contribution in [0.3, 0.4) is 0 Å². The summed E-state index contributed by atoms with van der Waals surface area (Å²) in [6.07, 6.45) is 55.8. The van der Waals surface area contributed by atoms with E-state index in [1.807, 2.05) is 0 Å². The molecule has 59 heavy (non-hydrogen) atoms. The van der Waals surface area contributed by atoms with Gasteiger partial charge in [-0.15, -0.1) is 0 Å². The molecule has 0 bridgehead atoms. The SMILES string of the molecule is CCCCC/C=C\C/C=C\CCCCCCCCCCCC(=O)OCC(COC(=O)CCCCCCCC)OC(=O)CCCCCCC/C=C\CCCCCCCCC. The van der Waals surface area contributed by atoms with Crippen LogP contribution < -0.4 is 0 Å². The Kier molecular flexibility index (Phi) is 46.4. The third-order valence-electron chi connectivity index (χ3n) is 11.1. The minimum atomic E-state index is -0.772. The third-order valence-corrected chi connectivity index (χ3v) is 11.1. The van der Waals surface area contributed by atoms with Crippen LogP contribution in [0, 0.1) is 0 Å². The summed E-state index contributed by atoms with van der Waals surface area (Å²) in [5.41, 5.74) is 0. The molecule has 0 saturated heterocycles. The second kappa shape index (κ2) is 48.3. The molecule has 0 aliphatic carbocycles. The Morgan fingerprint density at radius 3 is 0.983 bits per heavy atom. The highest BCUT2D eigenvalue weighted by Crippen LogP contribution is 2.15. The van der Waals surface area contributed by atoms with Gasteiger partial charge in [0.2, 0.25) is 0 Å². The van der Waals surface area contributed by atoms with Gasteiger partial charge >= 0.3 is 17.9 Å². The first-order chi connectivity index (χ1) is 29.0. The smallest absolute Gasteiger partial charge is 0.306 e. The minimum Gasteiger partial charge on any atom is -0.462 e. The first-order valence-electron chi connectivity index (χ1n) is 25.5. The molecule has 6 nitrogen and oxygen atoms in total. The van der Waals surface area contributed by atoms with Crippen LogP contribution in [0.2, 0.25) is 0 Å². The monoisotopic (exact) mass is 829 g/mol. The molecular formula is C53H96O6. The van der Waals surface area contributed by atoms with Crippen LogP contribution in [0.25, 0.3) is 0 Å². The number of rotatable bonds is 46. The Morgan fingerprint density at radius 1 is 0.339 bits per heavy atom. The molecule has 0 heterocycles. The van der Waals surface area contributed by atoms with Gasteiger partial charge in [-0.25, -0.2) is 0 Å². The lowest BCUT2D eigenvalue weighted by atomic mass is 10.1. The number of hydrogen-bond acceptors (Lipinski definition) is 6. The van der Waals surface area contributed by atoms with Gasteiger partial charge in [-0.05, 0) is 77.0 Å². The number of unbranched alkanes of at least 4 members (excludes halogenated alkanes) is 29. The van der Waals surface area contributed by atoms with Gasteiger partial charge in [0.05, 0.1) is 0 Å². The van der Waals surface area contributed by atoms with Gasteiger partial charge in [0.15, 0.2) is 6.10 Å². The molecule has 1 atom stereocenters. The molecule has 0 aromatic rings. The van der Waals surface area contributed by atoms with Gasteiger partial charge in [0.1, 0.15) is 13.2 Å². The average Bonchev–Trinajstić information content (AvgIpc) is 3.23. The summed E-state index contributed by atoms with van der Waals surface area (Å²) in [7, 11) is 0. The van der Waals surface area contributed by atoms with E-state index in [1.165, 1.54) is 154 Å². The predicted octanol–water partition coefficient (Wildman–Crippen LogP) is 16.5. The van der Waals surface area contributed by atoms with Crippen molar-refractivity contribution in [2.75, 3.05) is 13.2 Å². The first kappa shape index (κ1) is 56.6. The number of hydrogen-bond donors (Lipinski definition) is 0. The maximum Gasteiger partial charge on any atom is 0.306 e. The fourth-order valence-corrected chi connectivity index (χ4v) is 7.23. The van der Waals surface area contributed by atoms with Crippen LogP contribution in [0.15, 0.2) is 36.5 Å². The lowest BCUT2D eigenvalue weighted by Crippen LogP contribution is -2.30. The van der Waals surface area contributed by atoms with E-state index in [9.17, 15) is 14.4 Å². The summed E-state index contributed by atoms with van der Waals surface area (Å²) in [6.45, 7) is 6.56. The van der Waals surface area contributed by atoms with Gasteiger partial charge in [-0.2, -0.15) is 0 Å². The van der Waals surface area contributed by atoms with E-state index in [4.69, 9.17) is 14.2 Å². The zero-order valence-electron chi connectivity index (χ0n) is 39.3. The second-order valence-electron chi connectivity index (χ2n) is 17.1. The standard InChI is InChI=1S/C53H96O6/c1-4-7-10-13-16-18-20-22-24-26-27-28-30-31-33-35-37-40-43-46-52(55)58-49-50(48-57-51(54)45-42-39-15-12-9-6-3)59-53(56)47-44-41-38-36-34-32-29-25-23-21-19-17-14-11-8-5-2/h16,18,22,24-25,29,50H,4-15,17,19-21,23,26-28,30-49H2,1-3H3/b18-16-,24-22-,29-25-. The molecule has 1 unspecified atom stereocenters. The van der Waals surface area contributed by atoms with Crippen molar-refractivity contribution in [1.82, 2.24) is 0 Å². The van der Waals surface area contributed by atoms with Crippen LogP contribution in [0.4, 0.5) is 0 Å². The fourth-order valence-electron chi connectivity index (χ4n) is 7.23. The summed E-state index contributed by atoms with van der Waals surface area (Å²) in [4.78, 5) is 37.7. The summed E-state index contributed by atoms with van der Waals surface area (Å²) in [6, 6.07) is 0. The van der Waals surface area contributed by atoms with Crippen molar-refractivity contribution in [3.05, 3.63) is 36.5 Å². The van der Waals surface area contributed by atoms with Crippen LogP contribution in [0.1, 0.15) is 265 Å². The molecule has 0 fully saturated rings. The normalized spacial score (nSPS) is 12.3. The summed E-state index contributed by atoms with van der Waals surface area (Å²) < 4.78 is 16.7. The number of ether oxygens (including phenoxy) is 3. The van der Waals surface area contributed by atoms with Crippen molar-refractivity contribution >= 4 is 17.9 Å². The summed E-state index contributed by atoms with van der Waals surface area (Å²) >= 11 is 0. The van der Waals surface area contributed by atoms with Crippen molar-refractivity contribution in [1.29, 1.82) is 0 Å². The molecule has 0 radical (unpaired) electrons. The zero-order chi connectivity index (χ0) is 43.0. The van der Waals surface area contributed by atoms with Crippen molar-refractivity contribution < 1.29 is 28.6 Å². The first-order valence-corrected chi connectivity index (χ1v) is 25.5. The van der Waals surface area contributed by atoms with Gasteiger partial charge in [0.25, 0.3) is 0 Å². The molecule has 0 aromatic heterocycles. The Morgan fingerprint density at radius 2 is 0.610 bits per heavy atom. The quantitative estimate of drug-likeness (QED) is 0.0263. The summed E-state index contributed by atoms with van der Waals surface area (Å²) in [5.74, 6) is -0.890. The maximum atomic E-state index is 12.7. The largest absolute Gasteiger partial charge is 0.462 e. The van der Waals surface area contributed by atoms with Crippen LogP contribution in [-0.2, 0) is 28.6 Å². The van der Waals surface area contributed by atoms with Crippen molar-refractivity contribution in [3.63, 3.8) is 0 Å². The van der Waals surface area contributed by atoms with Gasteiger partial charge in [0, 0.05) is 19.3 Å². The Labute approximate surface area is 365 Å². The summed E-state index contributed by atoms with van der Waals surface area (Å²) in [5, 5.41) is 0. The van der Waals surface area contributed by atoms with E-state index in [1.54, 1.807) is 0 Å². The Bertz CT molecular complexity index is 1000. The molecule has 0 N–H and O–H groups in total. The minimum absolute atomic E-state index is 0.0757. The molecule has 344 valence electrons. The van der Waals surface area contributed by atoms with Gasteiger partial charge in [-0.1, -0.05) is 205 Å². The molecule has 0 saturated carbocycles. The van der Waals surface area contributed by atoms with E-state index in [0.29, 0.717) is 19.3 Å². The Hall–Kier alpha value is -2.37. The van der Waals surface area contributed by atoms with E-state index in [-0.39, 0.29) is 31.1 Å².